The van der Waals surface area contributed by atoms with Crippen LogP contribution in [0.5, 0.6) is 5.75 Å². The summed E-state index contributed by atoms with van der Waals surface area (Å²) in [5.41, 5.74) is 2.48. The van der Waals surface area contributed by atoms with Crippen LogP contribution >= 0.6 is 0 Å². The van der Waals surface area contributed by atoms with Crippen LogP contribution in [0.3, 0.4) is 0 Å². The van der Waals surface area contributed by atoms with Gasteiger partial charge in [-0.25, -0.2) is 0 Å². The van der Waals surface area contributed by atoms with Crippen molar-refractivity contribution >= 4 is 23.2 Å². The van der Waals surface area contributed by atoms with Gasteiger partial charge in [0.1, 0.15) is 12.4 Å². The molecule has 0 aliphatic heterocycles. The van der Waals surface area contributed by atoms with Gasteiger partial charge in [-0.3, -0.25) is 9.59 Å². The number of hydrogen-bond acceptors (Lipinski definition) is 4. The normalized spacial score (nSPS) is 10.8. The summed E-state index contributed by atoms with van der Waals surface area (Å²) >= 11 is 0. The van der Waals surface area contributed by atoms with E-state index < -0.39 is 0 Å². The summed E-state index contributed by atoms with van der Waals surface area (Å²) < 4.78 is 5.58. The number of amides is 2. The summed E-state index contributed by atoms with van der Waals surface area (Å²) in [4.78, 5) is 24.5. The molecule has 0 fully saturated rings. The molecule has 0 aliphatic carbocycles. The highest BCUT2D eigenvalue weighted by Gasteiger charge is 2.15. The zero-order chi connectivity index (χ0) is 21.4. The number of rotatable bonds is 8. The third-order valence-electron chi connectivity index (χ3n) is 3.67. The second kappa shape index (κ2) is 9.78. The predicted molar refractivity (Wildman–Crippen MR) is 118 cm³/mol. The fourth-order valence-corrected chi connectivity index (χ4v) is 2.44. The van der Waals surface area contributed by atoms with E-state index in [2.05, 4.69) is 22.5 Å². The highest BCUT2D eigenvalue weighted by atomic mass is 16.5. The van der Waals surface area contributed by atoms with E-state index in [0.717, 1.165) is 5.57 Å². The Morgan fingerprint density at radius 3 is 2.41 bits per heavy atom. The largest absolute Gasteiger partial charge is 0.489 e. The summed E-state index contributed by atoms with van der Waals surface area (Å²) in [6.45, 7) is 12.0. The van der Waals surface area contributed by atoms with Crippen molar-refractivity contribution < 1.29 is 14.3 Å². The van der Waals surface area contributed by atoms with Gasteiger partial charge in [0.15, 0.2) is 0 Å². The molecule has 2 amide bonds. The molecule has 0 aromatic heterocycles. The van der Waals surface area contributed by atoms with Gasteiger partial charge in [0.25, 0.3) is 5.91 Å². The Morgan fingerprint density at radius 2 is 1.72 bits per heavy atom. The molecule has 2 aromatic carbocycles. The van der Waals surface area contributed by atoms with Crippen LogP contribution in [0.25, 0.3) is 0 Å². The van der Waals surface area contributed by atoms with Crippen molar-refractivity contribution in [3.8, 4) is 5.75 Å². The first-order valence-electron chi connectivity index (χ1n) is 9.46. The minimum absolute atomic E-state index is 0.0706. The van der Waals surface area contributed by atoms with E-state index in [0.29, 0.717) is 29.3 Å². The van der Waals surface area contributed by atoms with E-state index in [4.69, 9.17) is 4.74 Å². The first kappa shape index (κ1) is 22.0. The summed E-state index contributed by atoms with van der Waals surface area (Å²) in [6, 6.07) is 14.2. The maximum Gasteiger partial charge on any atom is 0.251 e. The second-order valence-corrected chi connectivity index (χ2v) is 7.96. The fraction of sp³-hybridized carbons (Fsp3) is 0.304. The van der Waals surface area contributed by atoms with Gasteiger partial charge in [0, 0.05) is 28.5 Å². The van der Waals surface area contributed by atoms with Crippen molar-refractivity contribution in [2.45, 2.75) is 33.2 Å². The fourth-order valence-electron chi connectivity index (χ4n) is 2.44. The highest BCUT2D eigenvalue weighted by Crippen LogP contribution is 2.18. The minimum Gasteiger partial charge on any atom is -0.489 e. The first-order valence-corrected chi connectivity index (χ1v) is 9.46. The van der Waals surface area contributed by atoms with Crippen molar-refractivity contribution in [1.29, 1.82) is 0 Å². The van der Waals surface area contributed by atoms with Gasteiger partial charge in [0.2, 0.25) is 5.91 Å². The molecule has 0 saturated carbocycles. The minimum atomic E-state index is -0.316. The van der Waals surface area contributed by atoms with E-state index in [9.17, 15) is 9.59 Å². The maximum absolute atomic E-state index is 12.3. The lowest BCUT2D eigenvalue weighted by molar-refractivity contribution is -0.114. The average molecular weight is 396 g/mol. The Kier molecular flexibility index (Phi) is 7.42. The van der Waals surface area contributed by atoms with Crippen LogP contribution in [-0.4, -0.2) is 30.5 Å². The molecule has 0 unspecified atom stereocenters. The van der Waals surface area contributed by atoms with Crippen molar-refractivity contribution in [3.05, 3.63) is 66.2 Å². The Bertz CT molecular complexity index is 885. The number of carbonyl (C=O) groups is 2. The van der Waals surface area contributed by atoms with Crippen LogP contribution in [0.2, 0.25) is 0 Å². The molecule has 0 atom stereocenters. The summed E-state index contributed by atoms with van der Waals surface area (Å²) in [7, 11) is 0. The van der Waals surface area contributed by atoms with Gasteiger partial charge in [-0.2, -0.15) is 0 Å². The van der Waals surface area contributed by atoms with E-state index in [1.54, 1.807) is 30.3 Å². The zero-order valence-electron chi connectivity index (χ0n) is 17.5. The number of carbonyl (C=O) groups excluding carboxylic acids is 2. The number of benzene rings is 2. The van der Waals surface area contributed by atoms with Crippen molar-refractivity contribution in [1.82, 2.24) is 5.32 Å². The molecule has 154 valence electrons. The molecule has 0 aliphatic rings. The SMILES string of the molecule is C=C(C)COc1cccc(NC(=O)CNc2cccc(C(=O)NC(C)(C)C)c2)c1. The molecular weight excluding hydrogens is 366 g/mol. The van der Waals surface area contributed by atoms with Crippen LogP contribution in [0.15, 0.2) is 60.7 Å². The second-order valence-electron chi connectivity index (χ2n) is 7.96. The van der Waals surface area contributed by atoms with Gasteiger partial charge < -0.3 is 20.7 Å². The Morgan fingerprint density at radius 1 is 1.03 bits per heavy atom. The zero-order valence-corrected chi connectivity index (χ0v) is 17.5. The molecule has 29 heavy (non-hydrogen) atoms. The van der Waals surface area contributed by atoms with E-state index in [1.165, 1.54) is 0 Å². The summed E-state index contributed by atoms with van der Waals surface area (Å²) in [5, 5.41) is 8.79. The topological polar surface area (TPSA) is 79.5 Å². The standard InChI is InChI=1S/C23H29N3O3/c1-16(2)15-29-20-11-7-10-19(13-20)25-21(27)14-24-18-9-6-8-17(12-18)22(28)26-23(3,4)5/h6-13,24H,1,14-15H2,2-5H3,(H,25,27)(H,26,28). The lowest BCUT2D eigenvalue weighted by Crippen LogP contribution is -2.40. The Labute approximate surface area is 172 Å². The van der Waals surface area contributed by atoms with Crippen LogP contribution in [0.1, 0.15) is 38.1 Å². The number of ether oxygens (including phenoxy) is 1. The van der Waals surface area contributed by atoms with Crippen molar-refractivity contribution in [2.75, 3.05) is 23.8 Å². The van der Waals surface area contributed by atoms with E-state index >= 15 is 0 Å². The van der Waals surface area contributed by atoms with Crippen molar-refractivity contribution in [3.63, 3.8) is 0 Å². The Balaban J connectivity index is 1.91. The molecule has 0 saturated heterocycles. The molecule has 0 bridgehead atoms. The molecule has 2 rings (SSSR count). The number of hydrogen-bond donors (Lipinski definition) is 3. The molecule has 6 nitrogen and oxygen atoms in total. The molecule has 0 heterocycles. The van der Waals surface area contributed by atoms with Gasteiger partial charge in [0.05, 0.1) is 6.54 Å². The van der Waals surface area contributed by atoms with E-state index in [1.807, 2.05) is 45.9 Å². The van der Waals surface area contributed by atoms with Crippen LogP contribution in [0.4, 0.5) is 11.4 Å². The lowest BCUT2D eigenvalue weighted by atomic mass is 10.1. The highest BCUT2D eigenvalue weighted by molar-refractivity contribution is 5.96. The molecule has 3 N–H and O–H groups in total. The van der Waals surface area contributed by atoms with Gasteiger partial charge in [-0.15, -0.1) is 0 Å². The van der Waals surface area contributed by atoms with Gasteiger partial charge >= 0.3 is 0 Å². The molecule has 6 heteroatoms. The smallest absolute Gasteiger partial charge is 0.251 e. The first-order chi connectivity index (χ1) is 13.6. The van der Waals surface area contributed by atoms with Crippen LogP contribution in [0, 0.1) is 0 Å². The van der Waals surface area contributed by atoms with Gasteiger partial charge in [-0.1, -0.05) is 18.7 Å². The van der Waals surface area contributed by atoms with Gasteiger partial charge in [-0.05, 0) is 63.6 Å². The molecular formula is C23H29N3O3. The number of nitrogens with one attached hydrogen (secondary N) is 3. The third-order valence-corrected chi connectivity index (χ3v) is 3.67. The van der Waals surface area contributed by atoms with Crippen LogP contribution < -0.4 is 20.7 Å². The predicted octanol–water partition coefficient (Wildman–Crippen LogP) is 4.22. The molecule has 2 aromatic rings. The quantitative estimate of drug-likeness (QED) is 0.585. The Hall–Kier alpha value is -3.28. The molecule has 0 spiro atoms. The molecule has 0 radical (unpaired) electrons. The average Bonchev–Trinajstić information content (AvgIpc) is 2.64. The summed E-state index contributed by atoms with van der Waals surface area (Å²) in [5.74, 6) is 0.306. The summed E-state index contributed by atoms with van der Waals surface area (Å²) in [6.07, 6.45) is 0. The number of anilines is 2. The van der Waals surface area contributed by atoms with E-state index in [-0.39, 0.29) is 23.9 Å². The monoisotopic (exact) mass is 395 g/mol. The van der Waals surface area contributed by atoms with Crippen LogP contribution in [-0.2, 0) is 4.79 Å². The maximum atomic E-state index is 12.3. The third kappa shape index (κ3) is 8.09. The van der Waals surface area contributed by atoms with Crippen molar-refractivity contribution in [2.24, 2.45) is 0 Å². The lowest BCUT2D eigenvalue weighted by Gasteiger charge is -2.20.